The molecule has 40 heavy (non-hydrogen) atoms. The van der Waals surface area contributed by atoms with Crippen molar-refractivity contribution < 1.29 is 43.6 Å². The maximum atomic E-state index is 13.3. The molecule has 0 radical (unpaired) electrons. The van der Waals surface area contributed by atoms with Gasteiger partial charge in [-0.2, -0.15) is 13.2 Å². The van der Waals surface area contributed by atoms with Gasteiger partial charge in [-0.3, -0.25) is 15.6 Å². The van der Waals surface area contributed by atoms with Gasteiger partial charge in [-0.05, 0) is 54.6 Å². The molecule has 4 rings (SSSR count). The quantitative estimate of drug-likeness (QED) is 0.174. The van der Waals surface area contributed by atoms with Crippen molar-refractivity contribution >= 4 is 54.6 Å². The lowest BCUT2D eigenvalue weighted by Crippen LogP contribution is -2.33. The molecule has 0 unspecified atom stereocenters. The fraction of sp³-hybridized carbons (Fsp3) is 0.130. The van der Waals surface area contributed by atoms with Gasteiger partial charge in [0.15, 0.2) is 15.4 Å². The summed E-state index contributed by atoms with van der Waals surface area (Å²) in [5.41, 5.74) is -6.36. The maximum absolute atomic E-state index is 13.3. The number of urea groups is 1. The molecule has 2 heterocycles. The first-order chi connectivity index (χ1) is 18.7. The molecule has 0 aliphatic rings. The topological polar surface area (TPSA) is 163 Å². The van der Waals surface area contributed by atoms with E-state index >= 15 is 0 Å². The van der Waals surface area contributed by atoms with Gasteiger partial charge in [0.1, 0.15) is 22.8 Å². The number of nitrogens with zero attached hydrogens (tertiary/aromatic N) is 3. The number of amides is 2. The van der Waals surface area contributed by atoms with Gasteiger partial charge in [-0.25, -0.2) is 36.0 Å². The molecule has 0 atom stereocenters. The Balaban J connectivity index is 1.78. The van der Waals surface area contributed by atoms with Crippen molar-refractivity contribution in [3.05, 3.63) is 60.4 Å². The average Bonchev–Trinajstić information content (AvgIpc) is 3.33. The van der Waals surface area contributed by atoms with Crippen LogP contribution in [0.5, 0.6) is 0 Å². The normalized spacial score (nSPS) is 12.3. The van der Waals surface area contributed by atoms with Crippen LogP contribution in [0.15, 0.2) is 68.8 Å². The van der Waals surface area contributed by atoms with Gasteiger partial charge in [0, 0.05) is 0 Å². The third-order valence-electron chi connectivity index (χ3n) is 5.44. The van der Waals surface area contributed by atoms with Crippen LogP contribution in [-0.4, -0.2) is 50.4 Å². The second-order valence-electron chi connectivity index (χ2n) is 7.95. The Morgan fingerprint density at radius 3 is 2.33 bits per heavy atom. The van der Waals surface area contributed by atoms with Crippen molar-refractivity contribution in [3.8, 4) is 11.6 Å². The monoisotopic (exact) mass is 599 g/mol. The van der Waals surface area contributed by atoms with E-state index in [-0.39, 0.29) is 33.3 Å². The third kappa shape index (κ3) is 5.37. The van der Waals surface area contributed by atoms with E-state index in [0.29, 0.717) is 18.5 Å². The zero-order chi connectivity index (χ0) is 29.5. The van der Waals surface area contributed by atoms with Crippen LogP contribution in [0.1, 0.15) is 6.92 Å². The van der Waals surface area contributed by atoms with Crippen LogP contribution in [0, 0.1) is 11.2 Å². The number of hydrogen-bond donors (Lipinski definition) is 2. The summed E-state index contributed by atoms with van der Waals surface area (Å²) in [6.45, 7) is 1.35. The minimum atomic E-state index is -5.70. The molecule has 2 aromatic heterocycles. The Morgan fingerprint density at radius 1 is 1.05 bits per heavy atom. The van der Waals surface area contributed by atoms with Crippen LogP contribution in [0.25, 0.3) is 22.7 Å². The number of alkyl halides is 3. The number of sulfone groups is 2. The van der Waals surface area contributed by atoms with Crippen LogP contribution < -0.4 is 10.2 Å². The largest absolute Gasteiger partial charge is 0.501 e. The minimum Gasteiger partial charge on any atom is -0.435 e. The van der Waals surface area contributed by atoms with Crippen molar-refractivity contribution in [3.63, 3.8) is 0 Å². The predicted molar refractivity (Wildman–Crippen MR) is 135 cm³/mol. The van der Waals surface area contributed by atoms with Crippen LogP contribution in [0.2, 0.25) is 0 Å². The SMILES string of the molecule is CCS(=O)(=O)c1ccc(NC(=O)N(C=N)c2ccc(F)cc2)nc1-c1nc2cc(S(=O)(=O)C(F)(F)F)ccc2o1. The van der Waals surface area contributed by atoms with E-state index in [1.165, 1.54) is 19.1 Å². The summed E-state index contributed by atoms with van der Waals surface area (Å²) in [6.07, 6.45) is 0.646. The Bertz CT molecular complexity index is 1840. The fourth-order valence-electron chi connectivity index (χ4n) is 3.41. The van der Waals surface area contributed by atoms with Crippen LogP contribution in [0.4, 0.5) is 33.9 Å². The Labute approximate surface area is 223 Å². The van der Waals surface area contributed by atoms with E-state index < -0.39 is 53.5 Å². The fourth-order valence-corrected chi connectivity index (χ4v) is 5.20. The van der Waals surface area contributed by atoms with E-state index in [0.717, 1.165) is 35.2 Å². The van der Waals surface area contributed by atoms with E-state index in [1.807, 2.05) is 0 Å². The number of carbonyl (C=O) groups excluding carboxylic acids is 1. The molecular weight excluding hydrogens is 582 g/mol. The molecule has 0 saturated carbocycles. The summed E-state index contributed by atoms with van der Waals surface area (Å²) >= 11 is 0. The number of anilines is 2. The first-order valence-corrected chi connectivity index (χ1v) is 14.1. The molecule has 0 aliphatic heterocycles. The standard InChI is InChI=1S/C23H17F4N5O6S2/c1-2-39(34,35)18-9-10-19(31-22(33)32(12-28)14-5-3-13(24)4-6-14)30-20(18)21-29-16-11-15(7-8-17(16)38-21)40(36,37)23(25,26)27/h3-12,28H,2H2,1H3,(H,30,31,33). The van der Waals surface area contributed by atoms with Gasteiger partial charge in [0.2, 0.25) is 5.89 Å². The minimum absolute atomic E-state index is 0.128. The van der Waals surface area contributed by atoms with Crippen molar-refractivity contribution in [2.45, 2.75) is 22.2 Å². The van der Waals surface area contributed by atoms with Crippen LogP contribution in [0.3, 0.4) is 0 Å². The van der Waals surface area contributed by atoms with Crippen molar-refractivity contribution in [2.75, 3.05) is 16.0 Å². The number of pyridine rings is 1. The number of fused-ring (bicyclic) bond motifs is 1. The van der Waals surface area contributed by atoms with Gasteiger partial charge in [0.25, 0.3) is 9.84 Å². The molecule has 4 aromatic rings. The summed E-state index contributed by atoms with van der Waals surface area (Å²) in [4.78, 5) is 20.2. The first-order valence-electron chi connectivity index (χ1n) is 11.0. The van der Waals surface area contributed by atoms with Gasteiger partial charge in [0.05, 0.1) is 27.6 Å². The molecule has 0 aliphatic carbocycles. The highest BCUT2D eigenvalue weighted by Crippen LogP contribution is 2.34. The summed E-state index contributed by atoms with van der Waals surface area (Å²) in [6, 6.07) is 8.13. The molecule has 2 N–H and O–H groups in total. The second kappa shape index (κ2) is 10.3. The van der Waals surface area contributed by atoms with Gasteiger partial charge in [-0.1, -0.05) is 6.92 Å². The van der Waals surface area contributed by atoms with Crippen molar-refractivity contribution in [1.29, 1.82) is 5.41 Å². The molecular formula is C23H17F4N5O6S2. The second-order valence-corrected chi connectivity index (χ2v) is 12.1. The van der Waals surface area contributed by atoms with E-state index in [2.05, 4.69) is 15.3 Å². The Hall–Kier alpha value is -4.38. The highest BCUT2D eigenvalue weighted by molar-refractivity contribution is 7.92. The number of hydrogen-bond acceptors (Lipinski definition) is 9. The number of oxazole rings is 1. The molecule has 0 fully saturated rings. The molecule has 0 spiro atoms. The lowest BCUT2D eigenvalue weighted by molar-refractivity contribution is -0.0436. The van der Waals surface area contributed by atoms with Crippen molar-refractivity contribution in [1.82, 2.24) is 9.97 Å². The lowest BCUT2D eigenvalue weighted by atomic mass is 10.3. The number of rotatable bonds is 7. The summed E-state index contributed by atoms with van der Waals surface area (Å²) < 4.78 is 107. The third-order valence-corrected chi connectivity index (χ3v) is 8.68. The maximum Gasteiger partial charge on any atom is 0.501 e. The van der Waals surface area contributed by atoms with Crippen LogP contribution in [-0.2, 0) is 19.7 Å². The Morgan fingerprint density at radius 2 is 1.73 bits per heavy atom. The molecule has 2 aromatic carbocycles. The zero-order valence-corrected chi connectivity index (χ0v) is 21.7. The first kappa shape index (κ1) is 28.6. The zero-order valence-electron chi connectivity index (χ0n) is 20.1. The number of nitrogens with one attached hydrogen (secondary N) is 2. The van der Waals surface area contributed by atoms with Crippen molar-refractivity contribution in [2.24, 2.45) is 0 Å². The number of halogens is 4. The molecule has 17 heteroatoms. The molecule has 210 valence electrons. The van der Waals surface area contributed by atoms with Gasteiger partial charge >= 0.3 is 11.5 Å². The lowest BCUT2D eigenvalue weighted by Gasteiger charge is -2.18. The molecule has 0 bridgehead atoms. The molecule has 2 amide bonds. The number of benzene rings is 2. The summed E-state index contributed by atoms with van der Waals surface area (Å²) in [5.74, 6) is -1.67. The number of aromatic nitrogens is 2. The van der Waals surface area contributed by atoms with Gasteiger partial charge < -0.3 is 4.42 Å². The highest BCUT2D eigenvalue weighted by Gasteiger charge is 2.47. The molecule has 11 nitrogen and oxygen atoms in total. The van der Waals surface area contributed by atoms with E-state index in [1.54, 1.807) is 0 Å². The summed E-state index contributed by atoms with van der Waals surface area (Å²) in [7, 11) is -9.68. The Kier molecular flexibility index (Phi) is 7.37. The van der Waals surface area contributed by atoms with E-state index in [9.17, 15) is 39.2 Å². The highest BCUT2D eigenvalue weighted by atomic mass is 32.2. The average molecular weight is 600 g/mol. The predicted octanol–water partition coefficient (Wildman–Crippen LogP) is 4.76. The van der Waals surface area contributed by atoms with Crippen LogP contribution >= 0.6 is 0 Å². The smallest absolute Gasteiger partial charge is 0.435 e. The summed E-state index contributed by atoms with van der Waals surface area (Å²) in [5, 5.41) is 9.89. The number of carbonyl (C=O) groups is 1. The van der Waals surface area contributed by atoms with E-state index in [4.69, 9.17) is 9.83 Å². The molecule has 0 saturated heterocycles. The van der Waals surface area contributed by atoms with Gasteiger partial charge in [-0.15, -0.1) is 0 Å².